The molecule has 3 aromatic rings. The fraction of sp³-hybridized carbons (Fsp3) is 0.278. The molecule has 0 aliphatic carbocycles. The fourth-order valence-corrected chi connectivity index (χ4v) is 4.42. The normalized spacial score (nSPS) is 16.0. The highest BCUT2D eigenvalue weighted by molar-refractivity contribution is 7.89. The van der Waals surface area contributed by atoms with Crippen molar-refractivity contribution in [1.82, 2.24) is 13.7 Å². The molecule has 0 radical (unpaired) electrons. The van der Waals surface area contributed by atoms with Crippen molar-refractivity contribution in [3.63, 3.8) is 0 Å². The van der Waals surface area contributed by atoms with E-state index in [2.05, 4.69) is 10.3 Å². The lowest BCUT2D eigenvalue weighted by atomic mass is 10.3. The number of nitrogens with one attached hydrogen (secondary N) is 1. The summed E-state index contributed by atoms with van der Waals surface area (Å²) >= 11 is 0. The van der Waals surface area contributed by atoms with Crippen LogP contribution in [0.3, 0.4) is 0 Å². The van der Waals surface area contributed by atoms with Gasteiger partial charge in [-0.1, -0.05) is 12.1 Å². The maximum atomic E-state index is 12.8. The van der Waals surface area contributed by atoms with E-state index in [1.807, 2.05) is 41.1 Å². The molecule has 0 amide bonds. The Labute approximate surface area is 152 Å². The first-order chi connectivity index (χ1) is 12.6. The zero-order chi connectivity index (χ0) is 18.0. The molecule has 7 nitrogen and oxygen atoms in total. The van der Waals surface area contributed by atoms with Gasteiger partial charge in [-0.05, 0) is 30.3 Å². The zero-order valence-corrected chi connectivity index (χ0v) is 15.0. The Balaban J connectivity index is 1.50. The molecule has 2 aromatic heterocycles. The summed E-state index contributed by atoms with van der Waals surface area (Å²) in [5.41, 5.74) is 2.52. The number of sulfonamides is 1. The number of fused-ring (bicyclic) bond motifs is 1. The van der Waals surface area contributed by atoms with Gasteiger partial charge in [0.2, 0.25) is 10.0 Å². The van der Waals surface area contributed by atoms with Gasteiger partial charge in [-0.3, -0.25) is 0 Å². The number of pyridine rings is 1. The van der Waals surface area contributed by atoms with Crippen molar-refractivity contribution in [2.75, 3.05) is 31.6 Å². The number of nitrogens with zero attached hydrogens (tertiary/aromatic N) is 3. The van der Waals surface area contributed by atoms with E-state index in [1.54, 1.807) is 18.2 Å². The molecule has 3 heterocycles. The van der Waals surface area contributed by atoms with Crippen LogP contribution in [0.2, 0.25) is 0 Å². The lowest BCUT2D eigenvalue weighted by molar-refractivity contribution is 0.0730. The standard InChI is InChI=1S/C18H20N4O3S/c23-26(24,22-8-10-25-11-9-22)17-5-3-4-15(12-17)19-13-16-14-21-7-2-1-6-18(21)20-16/h1-7,12,14,19H,8-11,13H2. The molecule has 136 valence electrons. The molecule has 8 heteroatoms. The number of morpholine rings is 1. The van der Waals surface area contributed by atoms with Gasteiger partial charge >= 0.3 is 0 Å². The smallest absolute Gasteiger partial charge is 0.243 e. The van der Waals surface area contributed by atoms with Crippen LogP contribution in [0.15, 0.2) is 59.8 Å². The van der Waals surface area contributed by atoms with Gasteiger partial charge in [-0.2, -0.15) is 4.31 Å². The van der Waals surface area contributed by atoms with Crippen molar-refractivity contribution in [2.45, 2.75) is 11.4 Å². The Hall–Kier alpha value is -2.42. The summed E-state index contributed by atoms with van der Waals surface area (Å²) < 4.78 is 34.2. The number of hydrogen-bond acceptors (Lipinski definition) is 5. The number of hydrogen-bond donors (Lipinski definition) is 1. The van der Waals surface area contributed by atoms with Crippen molar-refractivity contribution < 1.29 is 13.2 Å². The van der Waals surface area contributed by atoms with E-state index < -0.39 is 10.0 Å². The molecule has 1 aliphatic heterocycles. The van der Waals surface area contributed by atoms with Crippen molar-refractivity contribution >= 4 is 21.4 Å². The van der Waals surface area contributed by atoms with Crippen LogP contribution in [-0.2, 0) is 21.3 Å². The molecule has 0 spiro atoms. The minimum atomic E-state index is -3.49. The molecule has 0 bridgehead atoms. The fourth-order valence-electron chi connectivity index (χ4n) is 2.97. The second-order valence-corrected chi connectivity index (χ2v) is 8.03. The average molecular weight is 372 g/mol. The Morgan fingerprint density at radius 2 is 1.96 bits per heavy atom. The molecule has 4 rings (SSSR count). The van der Waals surface area contributed by atoms with Crippen LogP contribution in [0, 0.1) is 0 Å². The first-order valence-corrected chi connectivity index (χ1v) is 9.91. The largest absolute Gasteiger partial charge is 0.379 e. The lowest BCUT2D eigenvalue weighted by Gasteiger charge is -2.26. The van der Waals surface area contributed by atoms with Crippen LogP contribution in [0.1, 0.15) is 5.69 Å². The predicted octanol–water partition coefficient (Wildman–Crippen LogP) is 1.97. The predicted molar refractivity (Wildman–Crippen MR) is 98.5 cm³/mol. The van der Waals surface area contributed by atoms with E-state index in [-0.39, 0.29) is 0 Å². The number of ether oxygens (including phenoxy) is 1. The average Bonchev–Trinajstić information content (AvgIpc) is 3.10. The minimum Gasteiger partial charge on any atom is -0.379 e. The van der Waals surface area contributed by atoms with Gasteiger partial charge in [0, 0.05) is 31.2 Å². The van der Waals surface area contributed by atoms with E-state index in [1.165, 1.54) is 4.31 Å². The summed E-state index contributed by atoms with van der Waals surface area (Å²) in [7, 11) is -3.49. The molecule has 0 saturated carbocycles. The topological polar surface area (TPSA) is 75.9 Å². The number of aromatic nitrogens is 2. The molecule has 1 N–H and O–H groups in total. The van der Waals surface area contributed by atoms with E-state index in [0.717, 1.165) is 17.0 Å². The molecule has 1 fully saturated rings. The Morgan fingerprint density at radius 3 is 2.77 bits per heavy atom. The number of imidazole rings is 1. The minimum absolute atomic E-state index is 0.291. The maximum absolute atomic E-state index is 12.8. The van der Waals surface area contributed by atoms with Crippen LogP contribution in [-0.4, -0.2) is 48.4 Å². The molecule has 1 aliphatic rings. The van der Waals surface area contributed by atoms with Crippen LogP contribution >= 0.6 is 0 Å². The second-order valence-electron chi connectivity index (χ2n) is 6.10. The molecule has 0 atom stereocenters. The van der Waals surface area contributed by atoms with Gasteiger partial charge in [0.1, 0.15) is 5.65 Å². The van der Waals surface area contributed by atoms with Crippen molar-refractivity contribution in [1.29, 1.82) is 0 Å². The highest BCUT2D eigenvalue weighted by Crippen LogP contribution is 2.21. The second kappa shape index (κ2) is 7.06. The summed E-state index contributed by atoms with van der Waals surface area (Å²) in [5, 5.41) is 3.25. The molecule has 26 heavy (non-hydrogen) atoms. The quantitative estimate of drug-likeness (QED) is 0.741. The molecule has 0 unspecified atom stereocenters. The third kappa shape index (κ3) is 3.44. The first-order valence-electron chi connectivity index (χ1n) is 8.47. The van der Waals surface area contributed by atoms with Crippen molar-refractivity contribution in [2.24, 2.45) is 0 Å². The van der Waals surface area contributed by atoms with Crippen molar-refractivity contribution in [3.05, 3.63) is 60.6 Å². The number of rotatable bonds is 5. The van der Waals surface area contributed by atoms with Crippen LogP contribution in [0.5, 0.6) is 0 Å². The maximum Gasteiger partial charge on any atom is 0.243 e. The summed E-state index contributed by atoms with van der Waals surface area (Å²) in [5.74, 6) is 0. The Kier molecular flexibility index (Phi) is 4.62. The first kappa shape index (κ1) is 17.0. The summed E-state index contributed by atoms with van der Waals surface area (Å²) in [6.45, 7) is 2.17. The highest BCUT2D eigenvalue weighted by atomic mass is 32.2. The van der Waals surface area contributed by atoms with E-state index >= 15 is 0 Å². The van der Waals surface area contributed by atoms with Gasteiger partial charge in [-0.15, -0.1) is 0 Å². The molecular formula is C18H20N4O3S. The molecular weight excluding hydrogens is 352 g/mol. The molecule has 1 saturated heterocycles. The number of anilines is 1. The van der Waals surface area contributed by atoms with Gasteiger partial charge < -0.3 is 14.5 Å². The highest BCUT2D eigenvalue weighted by Gasteiger charge is 2.26. The Morgan fingerprint density at radius 1 is 1.12 bits per heavy atom. The number of benzene rings is 1. The van der Waals surface area contributed by atoms with Crippen LogP contribution in [0.25, 0.3) is 5.65 Å². The zero-order valence-electron chi connectivity index (χ0n) is 14.2. The van der Waals surface area contributed by atoms with E-state index in [4.69, 9.17) is 4.74 Å². The van der Waals surface area contributed by atoms with E-state index in [9.17, 15) is 8.42 Å². The van der Waals surface area contributed by atoms with E-state index in [0.29, 0.717) is 37.7 Å². The monoisotopic (exact) mass is 372 g/mol. The van der Waals surface area contributed by atoms with Gasteiger partial charge in [0.15, 0.2) is 0 Å². The summed E-state index contributed by atoms with van der Waals surface area (Å²) in [6.07, 6.45) is 3.90. The van der Waals surface area contributed by atoms with Crippen molar-refractivity contribution in [3.8, 4) is 0 Å². The lowest BCUT2D eigenvalue weighted by Crippen LogP contribution is -2.40. The van der Waals surface area contributed by atoms with Crippen LogP contribution in [0.4, 0.5) is 5.69 Å². The van der Waals surface area contributed by atoms with Gasteiger partial charge in [-0.25, -0.2) is 13.4 Å². The third-order valence-corrected chi connectivity index (χ3v) is 6.22. The summed E-state index contributed by atoms with van der Waals surface area (Å²) in [4.78, 5) is 4.82. The van der Waals surface area contributed by atoms with Gasteiger partial charge in [0.05, 0.1) is 30.3 Å². The van der Waals surface area contributed by atoms with Gasteiger partial charge in [0.25, 0.3) is 0 Å². The molecule has 1 aromatic carbocycles. The Bertz CT molecular complexity index is 977. The summed E-state index contributed by atoms with van der Waals surface area (Å²) in [6, 6.07) is 12.7. The third-order valence-electron chi connectivity index (χ3n) is 4.33. The SMILES string of the molecule is O=S(=O)(c1cccc(NCc2cn3ccccc3n2)c1)N1CCOCC1. The van der Waals surface area contributed by atoms with Crippen LogP contribution < -0.4 is 5.32 Å².